The van der Waals surface area contributed by atoms with E-state index in [2.05, 4.69) is 65.7 Å². The first-order valence-corrected chi connectivity index (χ1v) is 28.2. The van der Waals surface area contributed by atoms with E-state index < -0.39 is 83.7 Å². The largest absolute Gasteiger partial charge is 0.481 e. The Hall–Kier alpha value is -3.87. The average molecular weight is 1040 g/mol. The molecule has 0 amide bonds. The van der Waals surface area contributed by atoms with Crippen molar-refractivity contribution in [1.29, 1.82) is 0 Å². The number of nitrogen functional groups attached to an aromatic ring is 1. The van der Waals surface area contributed by atoms with E-state index in [1.54, 1.807) is 12.2 Å². The molecule has 1 aromatic heterocycles. The summed E-state index contributed by atoms with van der Waals surface area (Å²) in [6.45, 7) is 1.93. The Kier molecular flexibility index (Phi) is 33.7. The van der Waals surface area contributed by atoms with Crippen LogP contribution in [0.3, 0.4) is 0 Å². The summed E-state index contributed by atoms with van der Waals surface area (Å²) in [5.74, 6) is -1.38. The summed E-state index contributed by atoms with van der Waals surface area (Å²) in [4.78, 5) is 74.0. The lowest BCUT2D eigenvalue weighted by molar-refractivity contribution is -0.161. The zero-order valence-electron chi connectivity index (χ0n) is 41.8. The molecule has 1 saturated heterocycles. The van der Waals surface area contributed by atoms with Gasteiger partial charge in [-0.3, -0.25) is 28.0 Å². The van der Waals surface area contributed by atoms with Crippen LogP contribution in [-0.2, 0) is 51.1 Å². The quantitative estimate of drug-likeness (QED) is 0.0102. The van der Waals surface area contributed by atoms with Crippen molar-refractivity contribution in [2.75, 3.05) is 25.6 Å². The Labute approximate surface area is 419 Å². The fourth-order valence-corrected chi connectivity index (χ4v) is 9.18. The lowest BCUT2D eigenvalue weighted by Gasteiger charge is -2.21. The number of allylic oxidation sites excluding steroid dienone is 10. The summed E-state index contributed by atoms with van der Waals surface area (Å²) in [5, 5.41) is 20.9. The number of anilines is 1. The van der Waals surface area contributed by atoms with E-state index in [0.29, 0.717) is 32.1 Å². The summed E-state index contributed by atoms with van der Waals surface area (Å²) >= 11 is 0. The number of aliphatic hydroxyl groups excluding tert-OH is 2. The summed E-state index contributed by atoms with van der Waals surface area (Å²) < 4.78 is 56.6. The van der Waals surface area contributed by atoms with E-state index >= 15 is 0 Å². The molecule has 19 nitrogen and oxygen atoms in total. The number of carbonyl (C=O) groups is 3. The van der Waals surface area contributed by atoms with Crippen LogP contribution in [0.5, 0.6) is 0 Å². The molecule has 0 spiro atoms. The predicted octanol–water partition coefficient (Wildman–Crippen LogP) is 9.51. The molecule has 6 N–H and O–H groups in total. The van der Waals surface area contributed by atoms with Gasteiger partial charge in [-0.15, -0.1) is 0 Å². The third kappa shape index (κ3) is 30.7. The second-order valence-corrected chi connectivity index (χ2v) is 20.4. The average Bonchev–Trinajstić information content (AvgIpc) is 3.60. The van der Waals surface area contributed by atoms with Crippen LogP contribution in [0.15, 0.2) is 77.8 Å². The number of esters is 2. The topological polar surface area (TPSA) is 283 Å². The van der Waals surface area contributed by atoms with Gasteiger partial charge in [-0.1, -0.05) is 126 Å². The zero-order chi connectivity index (χ0) is 52.2. The highest BCUT2D eigenvalue weighted by Gasteiger charge is 2.46. The minimum atomic E-state index is -5.45. The molecule has 71 heavy (non-hydrogen) atoms. The van der Waals surface area contributed by atoms with Crippen LogP contribution >= 0.6 is 15.6 Å². The Morgan fingerprint density at radius 3 is 1.90 bits per heavy atom. The number of unbranched alkanes of at least 4 members (excludes halogenated alkanes) is 14. The molecule has 0 bridgehead atoms. The normalized spacial score (nSPS) is 19.6. The van der Waals surface area contributed by atoms with Crippen LogP contribution in [0.25, 0.3) is 0 Å². The van der Waals surface area contributed by atoms with Gasteiger partial charge in [0.05, 0.1) is 13.2 Å². The first-order chi connectivity index (χ1) is 34.1. The van der Waals surface area contributed by atoms with Crippen LogP contribution < -0.4 is 11.4 Å². The molecule has 1 aromatic rings. The zero-order valence-corrected chi connectivity index (χ0v) is 43.5. The lowest BCUT2D eigenvalue weighted by Crippen LogP contribution is -2.36. The first kappa shape index (κ1) is 63.2. The predicted molar refractivity (Wildman–Crippen MR) is 271 cm³/mol. The highest BCUT2D eigenvalue weighted by Crippen LogP contribution is 2.60. The molecule has 0 aliphatic carbocycles. The number of ketones is 1. The molecule has 1 aliphatic heterocycles. The molecule has 1 fully saturated rings. The van der Waals surface area contributed by atoms with Crippen molar-refractivity contribution in [3.05, 3.63) is 83.5 Å². The smallest absolute Gasteiger partial charge is 0.462 e. The summed E-state index contributed by atoms with van der Waals surface area (Å²) in [7, 11) is -10.9. The molecule has 0 saturated carbocycles. The fourth-order valence-electron chi connectivity index (χ4n) is 7.06. The minimum Gasteiger partial charge on any atom is -0.462 e. The van der Waals surface area contributed by atoms with Gasteiger partial charge in [0.1, 0.15) is 30.7 Å². The second kappa shape index (κ2) is 37.8. The number of ether oxygens (including phenoxy) is 3. The van der Waals surface area contributed by atoms with Crippen molar-refractivity contribution in [1.82, 2.24) is 9.55 Å². The number of carbonyl (C=O) groups excluding carboxylic acids is 3. The van der Waals surface area contributed by atoms with E-state index in [9.17, 15) is 48.3 Å². The van der Waals surface area contributed by atoms with Crippen LogP contribution in [0, 0.1) is 0 Å². The Bertz CT molecular complexity index is 1990. The molecule has 2 heterocycles. The standard InChI is InChI=1S/C50H81N3O16P2/c1-3-5-7-9-11-12-13-14-15-16-17-18-19-20-22-26-30-34-45(55)64-38-42(67-46(56)35-31-27-23-25-29-33-41(54)32-28-24-21-10-8-6-4-2)39-65-70(60,61)69-71(62,63)66-40-43-47(57)48(58)49(68-43)53-37-36-44(51)52-50(53)59/h11-12,14-15,17-18,21,24,28,32,36-37,42-43,47-49,57-58H,3-10,13,16,19-20,22-23,25-27,29-31,33-35,38-40H2,1-2H3,(H,60,61)(H,62,63)(H2,51,52,59)/b12-11-,15-14-,18-17-,24-21-,32-28+/t42-,43-,47-,48-,49-/m1/s1. The Morgan fingerprint density at radius 2 is 1.27 bits per heavy atom. The van der Waals surface area contributed by atoms with Crippen LogP contribution in [-0.4, -0.2) is 91.5 Å². The number of nitrogens with two attached hydrogens (primary N) is 1. The molecule has 0 aromatic carbocycles. The molecule has 0 radical (unpaired) electrons. The second-order valence-electron chi connectivity index (χ2n) is 17.3. The molecular weight excluding hydrogens is 961 g/mol. The van der Waals surface area contributed by atoms with Crippen molar-refractivity contribution in [3.8, 4) is 0 Å². The van der Waals surface area contributed by atoms with Gasteiger partial charge in [-0.05, 0) is 82.8 Å². The lowest BCUT2D eigenvalue weighted by atomic mass is 10.1. The minimum absolute atomic E-state index is 0.0411. The molecule has 2 rings (SSSR count). The van der Waals surface area contributed by atoms with E-state index in [-0.39, 0.29) is 24.4 Å². The molecule has 7 atom stereocenters. The maximum absolute atomic E-state index is 12.9. The molecular formula is C50H81N3O16P2. The van der Waals surface area contributed by atoms with Crippen LogP contribution in [0.1, 0.15) is 168 Å². The van der Waals surface area contributed by atoms with Gasteiger partial charge >= 0.3 is 33.3 Å². The van der Waals surface area contributed by atoms with Gasteiger partial charge in [0.25, 0.3) is 0 Å². The number of rotatable bonds is 41. The number of hydrogen-bond acceptors (Lipinski definition) is 16. The first-order valence-electron chi connectivity index (χ1n) is 25.3. The van der Waals surface area contributed by atoms with E-state index in [1.165, 1.54) is 31.7 Å². The Balaban J connectivity index is 1.84. The number of nitrogens with zero attached hydrogens (tertiary/aromatic N) is 2. The number of phosphoric acid groups is 2. The van der Waals surface area contributed by atoms with E-state index in [1.807, 2.05) is 6.08 Å². The monoisotopic (exact) mass is 1040 g/mol. The number of phosphoric ester groups is 2. The Morgan fingerprint density at radius 1 is 0.718 bits per heavy atom. The van der Waals surface area contributed by atoms with Crippen LogP contribution in [0.2, 0.25) is 0 Å². The molecule has 1 aliphatic rings. The highest BCUT2D eigenvalue weighted by atomic mass is 31.3. The van der Waals surface area contributed by atoms with E-state index in [0.717, 1.165) is 87.8 Å². The summed E-state index contributed by atoms with van der Waals surface area (Å²) in [6.07, 6.45) is 32.6. The van der Waals surface area contributed by atoms with Gasteiger partial charge < -0.3 is 39.9 Å². The molecule has 402 valence electrons. The van der Waals surface area contributed by atoms with Gasteiger partial charge in [0.15, 0.2) is 18.1 Å². The third-order valence-electron chi connectivity index (χ3n) is 11.1. The van der Waals surface area contributed by atoms with Crippen molar-refractivity contribution in [2.45, 2.75) is 192 Å². The fraction of sp³-hybridized carbons (Fsp3) is 0.660. The SMILES string of the molecule is CCCCC/C=C\C=C\C(=O)CCCCCCCC(=O)O[C@H](COC(=O)CCCCCC/C=C\C/C=C\C/C=C\CCCCC)COP(=O)(O)OP(=O)(O)OC[C@H]1O[C@@H](n2ccc(N)nc2=O)[C@H](O)[C@@H]1O. The number of aliphatic hydroxyl groups is 2. The van der Waals surface area contributed by atoms with E-state index in [4.69, 9.17) is 29.0 Å². The maximum atomic E-state index is 12.9. The summed E-state index contributed by atoms with van der Waals surface area (Å²) in [6, 6.07) is 1.24. The van der Waals surface area contributed by atoms with Gasteiger partial charge in [-0.2, -0.15) is 9.29 Å². The van der Waals surface area contributed by atoms with Gasteiger partial charge in [0.2, 0.25) is 0 Å². The van der Waals surface area contributed by atoms with Crippen molar-refractivity contribution in [2.24, 2.45) is 0 Å². The number of aromatic nitrogens is 2. The van der Waals surface area contributed by atoms with Crippen molar-refractivity contribution < 1.29 is 71.1 Å². The van der Waals surface area contributed by atoms with Crippen molar-refractivity contribution in [3.63, 3.8) is 0 Å². The summed E-state index contributed by atoms with van der Waals surface area (Å²) in [5.41, 5.74) is 4.57. The third-order valence-corrected chi connectivity index (χ3v) is 13.7. The van der Waals surface area contributed by atoms with Crippen molar-refractivity contribution >= 4 is 39.2 Å². The maximum Gasteiger partial charge on any atom is 0.481 e. The molecule has 2 unspecified atom stereocenters. The van der Waals surface area contributed by atoms with Gasteiger partial charge in [-0.25, -0.2) is 13.9 Å². The highest BCUT2D eigenvalue weighted by molar-refractivity contribution is 7.61. The molecule has 21 heteroatoms. The van der Waals surface area contributed by atoms with Gasteiger partial charge in [0, 0.05) is 25.5 Å². The van der Waals surface area contributed by atoms with Crippen LogP contribution in [0.4, 0.5) is 5.82 Å². The number of hydrogen-bond donors (Lipinski definition) is 5.